The quantitative estimate of drug-likeness (QED) is 0.540. The van der Waals surface area contributed by atoms with Gasteiger partial charge in [-0.25, -0.2) is 4.98 Å². The lowest BCUT2D eigenvalue weighted by Gasteiger charge is -2.18. The van der Waals surface area contributed by atoms with Crippen molar-refractivity contribution in [2.24, 2.45) is 0 Å². The molecule has 0 fully saturated rings. The molecule has 2 aromatic carbocycles. The molecular weight excluding hydrogens is 380 g/mol. The number of fused-ring (bicyclic) bond motifs is 1. The molecule has 2 N–H and O–H groups in total. The second-order valence-electron chi connectivity index (χ2n) is 6.28. The van der Waals surface area contributed by atoms with Crippen LogP contribution in [-0.4, -0.2) is 34.3 Å². The molecular formula is C20H20N2O3S2. The van der Waals surface area contributed by atoms with Gasteiger partial charge in [0, 0.05) is 23.8 Å². The van der Waals surface area contributed by atoms with Gasteiger partial charge in [0.25, 0.3) is 0 Å². The number of hydrogen-bond donors (Lipinski definition) is 3. The molecule has 0 aliphatic carbocycles. The van der Waals surface area contributed by atoms with Crippen molar-refractivity contribution in [3.63, 3.8) is 0 Å². The number of rotatable bonds is 6. The van der Waals surface area contributed by atoms with Crippen LogP contribution in [0, 0.1) is 0 Å². The van der Waals surface area contributed by atoms with Gasteiger partial charge in [0.15, 0.2) is 0 Å². The number of thiazole rings is 1. The zero-order chi connectivity index (χ0) is 19.6. The van der Waals surface area contributed by atoms with Crippen molar-refractivity contribution in [3.8, 4) is 0 Å². The second kappa shape index (κ2) is 8.12. The second-order valence-corrected chi connectivity index (χ2v) is 7.86. The van der Waals surface area contributed by atoms with E-state index in [1.54, 1.807) is 23.5 Å². The third-order valence-corrected chi connectivity index (χ3v) is 5.52. The summed E-state index contributed by atoms with van der Waals surface area (Å²) in [5.41, 5.74) is 2.41. The van der Waals surface area contributed by atoms with Crippen LogP contribution in [0.3, 0.4) is 0 Å². The van der Waals surface area contributed by atoms with Gasteiger partial charge >= 0.3 is 5.97 Å². The monoisotopic (exact) mass is 400 g/mol. The van der Waals surface area contributed by atoms with E-state index in [-0.39, 0.29) is 0 Å². The Labute approximate surface area is 167 Å². The highest BCUT2D eigenvalue weighted by atomic mass is 32.1. The van der Waals surface area contributed by atoms with Crippen LogP contribution in [0.25, 0.3) is 16.3 Å². The molecule has 2 unspecified atom stereocenters. The zero-order valence-corrected chi connectivity index (χ0v) is 16.6. The molecule has 7 heteroatoms. The van der Waals surface area contributed by atoms with E-state index in [0.29, 0.717) is 5.56 Å². The molecule has 0 saturated heterocycles. The van der Waals surface area contributed by atoms with E-state index < -0.39 is 18.0 Å². The fraction of sp³-hybridized carbons (Fsp3) is 0.200. The van der Waals surface area contributed by atoms with Crippen LogP contribution in [0.1, 0.15) is 23.4 Å². The number of carbonyl (C=O) groups is 1. The summed E-state index contributed by atoms with van der Waals surface area (Å²) in [5.74, 6) is -1.97. The minimum Gasteiger partial charge on any atom is -0.481 e. The van der Waals surface area contributed by atoms with Gasteiger partial charge in [0.2, 0.25) is 0 Å². The summed E-state index contributed by atoms with van der Waals surface area (Å²) < 4.78 is 1.11. The maximum Gasteiger partial charge on any atom is 0.313 e. The molecule has 0 bridgehead atoms. The first-order chi connectivity index (χ1) is 12.8. The van der Waals surface area contributed by atoms with Gasteiger partial charge in [-0.15, -0.1) is 24.0 Å². The predicted molar refractivity (Wildman–Crippen MR) is 113 cm³/mol. The summed E-state index contributed by atoms with van der Waals surface area (Å²) >= 11 is 5.94. The largest absolute Gasteiger partial charge is 0.481 e. The number of hydrogen-bond acceptors (Lipinski definition) is 6. The van der Waals surface area contributed by atoms with Gasteiger partial charge in [-0.3, -0.25) is 4.79 Å². The van der Waals surface area contributed by atoms with Gasteiger partial charge in [-0.05, 0) is 48.9 Å². The van der Waals surface area contributed by atoms with Crippen LogP contribution in [0.15, 0.2) is 53.6 Å². The van der Waals surface area contributed by atoms with Crippen molar-refractivity contribution < 1.29 is 15.0 Å². The summed E-state index contributed by atoms with van der Waals surface area (Å²) in [5, 5.41) is 19.9. The number of anilines is 1. The lowest BCUT2D eigenvalue weighted by Crippen LogP contribution is -2.23. The van der Waals surface area contributed by atoms with E-state index in [1.807, 2.05) is 54.6 Å². The smallest absolute Gasteiger partial charge is 0.313 e. The standard InChI is InChI=1S/C20H20N2O3S2/c1-12(23)19(20(24)25)13-3-5-14(6-4-13)22(2)10-9-18-21-16-11-15(26)7-8-17(16)27-18/h3-12,19,23,26H,1-2H3,(H,24,25)/b10-9+. The maximum absolute atomic E-state index is 11.3. The van der Waals surface area contributed by atoms with Crippen LogP contribution < -0.4 is 4.90 Å². The Hall–Kier alpha value is -2.35. The summed E-state index contributed by atoms with van der Waals surface area (Å²) in [6, 6.07) is 13.0. The molecule has 27 heavy (non-hydrogen) atoms. The van der Waals surface area contributed by atoms with Crippen molar-refractivity contribution in [1.82, 2.24) is 4.98 Å². The van der Waals surface area contributed by atoms with E-state index in [4.69, 9.17) is 0 Å². The number of aromatic nitrogens is 1. The van der Waals surface area contributed by atoms with Crippen LogP contribution >= 0.6 is 24.0 Å². The number of thiol groups is 1. The lowest BCUT2D eigenvalue weighted by atomic mass is 9.94. The molecule has 0 radical (unpaired) electrons. The van der Waals surface area contributed by atoms with Crippen LogP contribution in [0.4, 0.5) is 5.69 Å². The van der Waals surface area contributed by atoms with E-state index in [2.05, 4.69) is 17.6 Å². The number of aliphatic carboxylic acids is 1. The van der Waals surface area contributed by atoms with E-state index in [9.17, 15) is 15.0 Å². The lowest BCUT2D eigenvalue weighted by molar-refractivity contribution is -0.141. The maximum atomic E-state index is 11.3. The van der Waals surface area contributed by atoms with Gasteiger partial charge in [0.1, 0.15) is 10.9 Å². The SMILES string of the molecule is CC(O)C(C(=O)O)c1ccc(N(C)/C=C/c2nc3cc(S)ccc3s2)cc1. The Morgan fingerprint density at radius 3 is 2.59 bits per heavy atom. The molecule has 0 spiro atoms. The molecule has 1 aromatic heterocycles. The van der Waals surface area contributed by atoms with Crippen LogP contribution in [-0.2, 0) is 4.79 Å². The fourth-order valence-corrected chi connectivity index (χ4v) is 3.85. The third kappa shape index (κ3) is 4.50. The highest BCUT2D eigenvalue weighted by Gasteiger charge is 2.24. The zero-order valence-electron chi connectivity index (χ0n) is 14.9. The molecule has 0 aliphatic heterocycles. The molecule has 3 rings (SSSR count). The summed E-state index contributed by atoms with van der Waals surface area (Å²) in [6.45, 7) is 1.48. The number of nitrogens with zero attached hydrogens (tertiary/aromatic N) is 2. The van der Waals surface area contributed by atoms with Gasteiger partial charge < -0.3 is 15.1 Å². The van der Waals surface area contributed by atoms with Crippen LogP contribution in [0.5, 0.6) is 0 Å². The van der Waals surface area contributed by atoms with Gasteiger partial charge in [-0.1, -0.05) is 12.1 Å². The molecule has 0 aliphatic rings. The van der Waals surface area contributed by atoms with E-state index in [1.165, 1.54) is 6.92 Å². The molecule has 1 heterocycles. The Balaban J connectivity index is 1.75. The van der Waals surface area contributed by atoms with E-state index in [0.717, 1.165) is 25.8 Å². The average molecular weight is 401 g/mol. The number of carboxylic acid groups (broad SMARTS) is 1. The molecule has 0 amide bonds. The minimum atomic E-state index is -1.04. The van der Waals surface area contributed by atoms with Crippen molar-refractivity contribution in [1.29, 1.82) is 0 Å². The summed E-state index contributed by atoms with van der Waals surface area (Å²) in [4.78, 5) is 18.7. The van der Waals surface area contributed by atoms with Gasteiger partial charge in [0.05, 0.1) is 16.3 Å². The first-order valence-electron chi connectivity index (χ1n) is 8.36. The molecule has 3 aromatic rings. The number of aliphatic hydroxyl groups excluding tert-OH is 1. The first-order valence-corrected chi connectivity index (χ1v) is 9.63. The highest BCUT2D eigenvalue weighted by molar-refractivity contribution is 7.80. The van der Waals surface area contributed by atoms with Gasteiger partial charge in [-0.2, -0.15) is 0 Å². The van der Waals surface area contributed by atoms with Crippen molar-refractivity contribution in [2.75, 3.05) is 11.9 Å². The molecule has 0 saturated carbocycles. The minimum absolute atomic E-state index is 0.576. The topological polar surface area (TPSA) is 73.7 Å². The number of carboxylic acids is 1. The Morgan fingerprint density at radius 1 is 1.26 bits per heavy atom. The Kier molecular flexibility index (Phi) is 5.84. The molecule has 2 atom stereocenters. The highest BCUT2D eigenvalue weighted by Crippen LogP contribution is 2.26. The third-order valence-electron chi connectivity index (χ3n) is 4.24. The predicted octanol–water partition coefficient (Wildman–Crippen LogP) is 4.24. The molecule has 5 nitrogen and oxygen atoms in total. The normalized spacial score (nSPS) is 13.8. The number of benzene rings is 2. The summed E-state index contributed by atoms with van der Waals surface area (Å²) in [7, 11) is 1.91. The first kappa shape index (κ1) is 19.4. The van der Waals surface area contributed by atoms with Crippen LogP contribution in [0.2, 0.25) is 0 Å². The van der Waals surface area contributed by atoms with Crippen molar-refractivity contribution in [2.45, 2.75) is 23.8 Å². The van der Waals surface area contributed by atoms with Crippen molar-refractivity contribution in [3.05, 3.63) is 59.2 Å². The average Bonchev–Trinajstić information content (AvgIpc) is 3.01. The van der Waals surface area contributed by atoms with E-state index >= 15 is 0 Å². The Morgan fingerprint density at radius 2 is 1.96 bits per heavy atom. The Bertz CT molecular complexity index is 981. The number of aliphatic hydroxyl groups is 1. The summed E-state index contributed by atoms with van der Waals surface area (Å²) in [6.07, 6.45) is 2.90. The molecule has 140 valence electrons. The fourth-order valence-electron chi connectivity index (χ4n) is 2.81. The van der Waals surface area contributed by atoms with Crippen molar-refractivity contribution >= 4 is 51.9 Å².